The van der Waals surface area contributed by atoms with Crippen molar-refractivity contribution in [2.45, 2.75) is 19.8 Å². The van der Waals surface area contributed by atoms with Crippen molar-refractivity contribution in [2.75, 3.05) is 27.4 Å². The maximum atomic E-state index is 12.8. The van der Waals surface area contributed by atoms with Crippen LogP contribution < -0.4 is 4.74 Å². The van der Waals surface area contributed by atoms with Crippen molar-refractivity contribution in [1.29, 1.82) is 0 Å². The molecule has 1 aromatic carbocycles. The van der Waals surface area contributed by atoms with Gasteiger partial charge in [0.2, 0.25) is 0 Å². The minimum absolute atomic E-state index is 0.122. The number of halogens is 1. The molecule has 98 valence electrons. The number of hydrogen-bond donors (Lipinski definition) is 1. The van der Waals surface area contributed by atoms with E-state index in [1.54, 1.807) is 20.3 Å². The zero-order valence-corrected chi connectivity index (χ0v) is 10.7. The van der Waals surface area contributed by atoms with Crippen molar-refractivity contribution in [2.24, 2.45) is 0 Å². The average Bonchev–Trinajstić information content (AvgIpc) is 2.32. The van der Waals surface area contributed by atoms with E-state index in [0.29, 0.717) is 6.61 Å². The lowest BCUT2D eigenvalue weighted by Gasteiger charge is -2.06. The molecule has 1 N–H and O–H groups in total. The molecule has 0 atom stereocenters. The van der Waals surface area contributed by atoms with Crippen LogP contribution in [-0.2, 0) is 11.2 Å². The first kappa shape index (κ1) is 15.9. The third kappa shape index (κ3) is 6.92. The molecule has 0 fully saturated rings. The van der Waals surface area contributed by atoms with Crippen LogP contribution in [0.15, 0.2) is 18.2 Å². The van der Waals surface area contributed by atoms with Gasteiger partial charge in [-0.25, -0.2) is 4.39 Å². The van der Waals surface area contributed by atoms with Gasteiger partial charge in [0, 0.05) is 7.11 Å². The maximum absolute atomic E-state index is 12.8. The predicted octanol–water partition coefficient (Wildman–Crippen LogP) is 2.41. The molecule has 1 rings (SSSR count). The number of benzene rings is 1. The van der Waals surface area contributed by atoms with E-state index in [-0.39, 0.29) is 12.4 Å². The number of rotatable bonds is 5. The Labute approximate surface area is 102 Å². The Morgan fingerprint density at radius 3 is 2.41 bits per heavy atom. The first-order valence-electron chi connectivity index (χ1n) is 5.61. The summed E-state index contributed by atoms with van der Waals surface area (Å²) in [6.07, 6.45) is 1.86. The quantitative estimate of drug-likeness (QED) is 0.864. The fourth-order valence-corrected chi connectivity index (χ4v) is 1.30. The van der Waals surface area contributed by atoms with Crippen molar-refractivity contribution in [3.8, 4) is 5.75 Å². The molecule has 0 aliphatic heterocycles. The summed E-state index contributed by atoms with van der Waals surface area (Å²) in [5.41, 5.74) is 0.944. The van der Waals surface area contributed by atoms with E-state index in [1.807, 2.05) is 0 Å². The van der Waals surface area contributed by atoms with Crippen LogP contribution in [0.5, 0.6) is 5.75 Å². The Bertz CT molecular complexity index is 301. The number of hydrogen-bond acceptors (Lipinski definition) is 3. The Hall–Kier alpha value is -1.13. The van der Waals surface area contributed by atoms with Crippen LogP contribution >= 0.6 is 0 Å². The van der Waals surface area contributed by atoms with Gasteiger partial charge in [-0.1, -0.05) is 13.3 Å². The van der Waals surface area contributed by atoms with E-state index in [1.165, 1.54) is 12.1 Å². The zero-order chi connectivity index (χ0) is 13.1. The molecule has 17 heavy (non-hydrogen) atoms. The molecule has 0 aliphatic rings. The van der Waals surface area contributed by atoms with Crippen LogP contribution in [-0.4, -0.2) is 32.5 Å². The molecule has 0 saturated heterocycles. The highest BCUT2D eigenvalue weighted by molar-refractivity contribution is 5.33. The normalized spacial score (nSPS) is 9.47. The highest BCUT2D eigenvalue weighted by Crippen LogP contribution is 2.20. The first-order valence-corrected chi connectivity index (χ1v) is 5.61. The summed E-state index contributed by atoms with van der Waals surface area (Å²) in [7, 11) is 3.16. The number of ether oxygens (including phenoxy) is 2. The second-order valence-electron chi connectivity index (χ2n) is 3.42. The second-order valence-corrected chi connectivity index (χ2v) is 3.42. The predicted molar refractivity (Wildman–Crippen MR) is 65.9 cm³/mol. The first-order chi connectivity index (χ1) is 8.19. The van der Waals surface area contributed by atoms with Gasteiger partial charge in [0.05, 0.1) is 20.3 Å². The topological polar surface area (TPSA) is 38.7 Å². The Morgan fingerprint density at radius 2 is 2.00 bits per heavy atom. The van der Waals surface area contributed by atoms with Gasteiger partial charge in [-0.3, -0.25) is 0 Å². The minimum atomic E-state index is -0.195. The van der Waals surface area contributed by atoms with Gasteiger partial charge >= 0.3 is 0 Å². The van der Waals surface area contributed by atoms with Crippen LogP contribution in [0.1, 0.15) is 18.9 Å². The van der Waals surface area contributed by atoms with E-state index in [0.717, 1.165) is 24.2 Å². The second kappa shape index (κ2) is 10.1. The average molecular weight is 244 g/mol. The van der Waals surface area contributed by atoms with Crippen molar-refractivity contribution >= 4 is 0 Å². The van der Waals surface area contributed by atoms with Crippen LogP contribution in [0, 0.1) is 5.82 Å². The maximum Gasteiger partial charge on any atom is 0.123 e. The molecule has 0 aromatic heterocycles. The number of aliphatic hydroxyl groups is 1. The Kier molecular flexibility index (Phi) is 9.38. The van der Waals surface area contributed by atoms with Crippen molar-refractivity contribution in [1.82, 2.24) is 0 Å². The molecule has 1 aromatic rings. The largest absolute Gasteiger partial charge is 0.496 e. The highest BCUT2D eigenvalue weighted by atomic mass is 19.1. The molecule has 0 heterocycles. The summed E-state index contributed by atoms with van der Waals surface area (Å²) in [4.78, 5) is 0. The van der Waals surface area contributed by atoms with Crippen molar-refractivity contribution in [3.63, 3.8) is 0 Å². The standard InChI is InChI=1S/C10H13FO.C3H8O2/c1-3-4-8-7-9(11)5-6-10(8)12-2;1-5-3-2-4/h5-7H,3-4H2,1-2H3;4H,2-3H2,1H3. The lowest BCUT2D eigenvalue weighted by molar-refractivity contribution is 0.135. The van der Waals surface area contributed by atoms with Crippen molar-refractivity contribution in [3.05, 3.63) is 29.6 Å². The third-order valence-corrected chi connectivity index (χ3v) is 2.06. The van der Waals surface area contributed by atoms with E-state index >= 15 is 0 Å². The zero-order valence-electron chi connectivity index (χ0n) is 10.7. The minimum Gasteiger partial charge on any atom is -0.496 e. The fraction of sp³-hybridized carbons (Fsp3) is 0.538. The lowest BCUT2D eigenvalue weighted by Crippen LogP contribution is -1.92. The van der Waals surface area contributed by atoms with Gasteiger partial charge in [-0.05, 0) is 30.2 Å². The summed E-state index contributed by atoms with van der Waals surface area (Å²) in [5, 5.41) is 7.94. The molecule has 0 unspecified atom stereocenters. The van der Waals surface area contributed by atoms with E-state index in [2.05, 4.69) is 11.7 Å². The van der Waals surface area contributed by atoms with Crippen LogP contribution in [0.25, 0.3) is 0 Å². The van der Waals surface area contributed by atoms with Gasteiger partial charge < -0.3 is 14.6 Å². The molecule has 0 spiro atoms. The summed E-state index contributed by atoms with van der Waals surface area (Å²) in [6, 6.07) is 4.61. The van der Waals surface area contributed by atoms with Gasteiger partial charge in [0.15, 0.2) is 0 Å². The van der Waals surface area contributed by atoms with E-state index in [4.69, 9.17) is 9.84 Å². The summed E-state index contributed by atoms with van der Waals surface area (Å²) in [6.45, 7) is 2.63. The SMILES string of the molecule is CCCc1cc(F)ccc1OC.COCCO. The van der Waals surface area contributed by atoms with E-state index in [9.17, 15) is 4.39 Å². The number of methoxy groups -OCH3 is 2. The van der Waals surface area contributed by atoms with Crippen LogP contribution in [0.4, 0.5) is 4.39 Å². The molecular weight excluding hydrogens is 223 g/mol. The third-order valence-electron chi connectivity index (χ3n) is 2.06. The number of aliphatic hydroxyl groups excluding tert-OH is 1. The van der Waals surface area contributed by atoms with E-state index < -0.39 is 0 Å². The molecular formula is C13H21FO3. The highest BCUT2D eigenvalue weighted by Gasteiger charge is 2.02. The van der Waals surface area contributed by atoms with Gasteiger partial charge in [-0.2, -0.15) is 0 Å². The van der Waals surface area contributed by atoms with Crippen molar-refractivity contribution < 1.29 is 19.0 Å². The smallest absolute Gasteiger partial charge is 0.123 e. The molecule has 0 amide bonds. The molecule has 0 aliphatic carbocycles. The molecule has 4 heteroatoms. The molecule has 0 bridgehead atoms. The Morgan fingerprint density at radius 1 is 1.29 bits per heavy atom. The monoisotopic (exact) mass is 244 g/mol. The molecule has 0 radical (unpaired) electrons. The molecule has 3 nitrogen and oxygen atoms in total. The van der Waals surface area contributed by atoms with Gasteiger partial charge in [-0.15, -0.1) is 0 Å². The fourth-order valence-electron chi connectivity index (χ4n) is 1.30. The Balaban J connectivity index is 0.000000437. The summed E-state index contributed by atoms with van der Waals surface area (Å²) >= 11 is 0. The number of aryl methyl sites for hydroxylation is 1. The van der Waals surface area contributed by atoms with Crippen LogP contribution in [0.2, 0.25) is 0 Å². The van der Waals surface area contributed by atoms with Gasteiger partial charge in [0.1, 0.15) is 11.6 Å². The van der Waals surface area contributed by atoms with Crippen LogP contribution in [0.3, 0.4) is 0 Å². The summed E-state index contributed by atoms with van der Waals surface area (Å²) < 4.78 is 22.3. The summed E-state index contributed by atoms with van der Waals surface area (Å²) in [5.74, 6) is 0.581. The van der Waals surface area contributed by atoms with Gasteiger partial charge in [0.25, 0.3) is 0 Å². The molecule has 0 saturated carbocycles. The lowest BCUT2D eigenvalue weighted by atomic mass is 10.1.